The molecule has 6 rings (SSSR count). The number of anilines is 1. The van der Waals surface area contributed by atoms with E-state index in [0.29, 0.717) is 17.8 Å². The van der Waals surface area contributed by atoms with Gasteiger partial charge in [-0.15, -0.1) is 0 Å². The number of halogens is 3. The molecule has 0 radical (unpaired) electrons. The van der Waals surface area contributed by atoms with E-state index in [0.717, 1.165) is 67.5 Å². The van der Waals surface area contributed by atoms with Crippen molar-refractivity contribution < 1.29 is 23.1 Å². The van der Waals surface area contributed by atoms with Gasteiger partial charge in [0.1, 0.15) is 11.7 Å². The summed E-state index contributed by atoms with van der Waals surface area (Å²) >= 11 is 0. The van der Waals surface area contributed by atoms with Gasteiger partial charge in [-0.05, 0) is 68.1 Å². The maximum absolute atomic E-state index is 11.0. The van der Waals surface area contributed by atoms with Crippen LogP contribution in [0.1, 0.15) is 77.7 Å². The molecule has 0 aromatic carbocycles. The molecule has 1 saturated heterocycles. The minimum Gasteiger partial charge on any atom is -0.481 e. The van der Waals surface area contributed by atoms with Gasteiger partial charge in [0, 0.05) is 62.9 Å². The van der Waals surface area contributed by atoms with Crippen molar-refractivity contribution in [1.82, 2.24) is 10.3 Å². The van der Waals surface area contributed by atoms with E-state index in [4.69, 9.17) is 15.1 Å². The van der Waals surface area contributed by atoms with E-state index < -0.39 is 12.1 Å². The van der Waals surface area contributed by atoms with E-state index in [2.05, 4.69) is 50.6 Å². The van der Waals surface area contributed by atoms with E-state index in [-0.39, 0.29) is 19.0 Å². The van der Waals surface area contributed by atoms with Crippen LogP contribution < -0.4 is 10.2 Å². The molecule has 2 fully saturated rings. The summed E-state index contributed by atoms with van der Waals surface area (Å²) in [5.74, 6) is 2.44. The number of hydrogen-bond acceptors (Lipinski definition) is 7. The molecule has 43 heavy (non-hydrogen) atoms. The normalized spacial score (nSPS) is 24.3. The Bertz CT molecular complexity index is 1240. The first-order valence-corrected chi connectivity index (χ1v) is 15.4. The number of amidine groups is 2. The molecule has 0 bridgehead atoms. The number of rotatable bonds is 5. The molecular weight excluding hydrogens is 557 g/mol. The van der Waals surface area contributed by atoms with Crippen molar-refractivity contribution in [3.05, 3.63) is 47.7 Å². The fourth-order valence-corrected chi connectivity index (χ4v) is 6.32. The highest BCUT2D eigenvalue weighted by Gasteiger charge is 2.38. The summed E-state index contributed by atoms with van der Waals surface area (Å²) in [6.45, 7) is 7.03. The quantitative estimate of drug-likeness (QED) is 0.408. The highest BCUT2D eigenvalue weighted by Crippen LogP contribution is 2.47. The van der Waals surface area contributed by atoms with Gasteiger partial charge in [-0.3, -0.25) is 14.8 Å². The van der Waals surface area contributed by atoms with E-state index in [9.17, 15) is 18.0 Å². The molecule has 4 heterocycles. The molecule has 1 aromatic heterocycles. The molecule has 2 N–H and O–H groups in total. The number of aliphatic carboxylic acids is 1. The number of piperidine rings is 1. The summed E-state index contributed by atoms with van der Waals surface area (Å²) in [7, 11) is 0. The molecule has 2 unspecified atom stereocenters. The first kappa shape index (κ1) is 32.4. The van der Waals surface area contributed by atoms with Crippen molar-refractivity contribution >= 4 is 29.7 Å². The van der Waals surface area contributed by atoms with Crippen LogP contribution in [0.15, 0.2) is 57.1 Å². The van der Waals surface area contributed by atoms with Gasteiger partial charge in [-0.2, -0.15) is 13.2 Å². The molecule has 0 amide bonds. The van der Waals surface area contributed by atoms with Gasteiger partial charge in [0.25, 0.3) is 0 Å². The molecule has 234 valence electrons. The maximum atomic E-state index is 11.0. The Morgan fingerprint density at radius 3 is 2.42 bits per heavy atom. The van der Waals surface area contributed by atoms with Gasteiger partial charge in [-0.1, -0.05) is 26.0 Å². The van der Waals surface area contributed by atoms with E-state index in [1.165, 1.54) is 25.7 Å². The Morgan fingerprint density at radius 1 is 1.14 bits per heavy atom. The predicted octanol–water partition coefficient (Wildman–Crippen LogP) is 6.38. The van der Waals surface area contributed by atoms with Crippen molar-refractivity contribution in [2.45, 2.75) is 90.4 Å². The third kappa shape index (κ3) is 9.00. The lowest BCUT2D eigenvalue weighted by Gasteiger charge is -2.46. The summed E-state index contributed by atoms with van der Waals surface area (Å²) < 4.78 is 31.1. The standard InChI is InChI=1S/C28H34N6O2.C2H3F3.C2H6/c35-25(36)16-19-6-8-28(9-7-19)10-14-34(15-11-28)24-5-3-21(18-31-24)27-32-22-4-2-20(17-23(22)33-27)26-29-12-1-13-30-26;1-2(3,4)5;1-2/h2-5,12,17-19,22-23H,1,6-11,13-16H2,(H,32,33)(H,35,36);1H3;1-2H3. The van der Waals surface area contributed by atoms with Crippen molar-refractivity contribution in [3.8, 4) is 0 Å². The van der Waals surface area contributed by atoms with Crippen LogP contribution >= 0.6 is 0 Å². The Hall–Kier alpha value is -3.50. The topological polar surface area (TPSA) is 103 Å². The molecule has 1 aromatic rings. The Labute approximate surface area is 252 Å². The van der Waals surface area contributed by atoms with Crippen LogP contribution in [0, 0.1) is 11.3 Å². The van der Waals surface area contributed by atoms with Crippen LogP contribution in [0.5, 0.6) is 0 Å². The van der Waals surface area contributed by atoms with Crippen LogP contribution in [-0.2, 0) is 4.79 Å². The number of aliphatic imine (C=N–C) groups is 3. The molecule has 2 aliphatic carbocycles. The number of carboxylic acid groups (broad SMARTS) is 1. The van der Waals surface area contributed by atoms with Gasteiger partial charge in [0.05, 0.1) is 12.1 Å². The van der Waals surface area contributed by atoms with Gasteiger partial charge < -0.3 is 15.3 Å². The number of alkyl halides is 3. The summed E-state index contributed by atoms with van der Waals surface area (Å²) in [5, 5.41) is 12.6. The predicted molar refractivity (Wildman–Crippen MR) is 165 cm³/mol. The zero-order valence-corrected chi connectivity index (χ0v) is 25.3. The van der Waals surface area contributed by atoms with Gasteiger partial charge in [0.2, 0.25) is 0 Å². The van der Waals surface area contributed by atoms with Crippen molar-refractivity contribution in [2.24, 2.45) is 26.3 Å². The lowest BCUT2D eigenvalue weighted by molar-refractivity contribution is -0.138. The number of nitrogens with zero attached hydrogens (tertiary/aromatic N) is 5. The molecule has 1 saturated carbocycles. The third-order valence-electron chi connectivity index (χ3n) is 8.57. The second-order valence-electron chi connectivity index (χ2n) is 11.6. The Kier molecular flexibility index (Phi) is 10.8. The zero-order chi connectivity index (χ0) is 31.0. The van der Waals surface area contributed by atoms with Crippen LogP contribution in [0.3, 0.4) is 0 Å². The molecule has 3 aliphatic heterocycles. The number of nitrogens with one attached hydrogen (secondary N) is 1. The number of carboxylic acids is 1. The summed E-state index contributed by atoms with van der Waals surface area (Å²) in [5.41, 5.74) is 2.47. The van der Waals surface area contributed by atoms with Crippen LogP contribution in [0.4, 0.5) is 19.0 Å². The van der Waals surface area contributed by atoms with Gasteiger partial charge in [0.15, 0.2) is 5.84 Å². The second kappa shape index (κ2) is 14.3. The molecule has 1 spiro atoms. The van der Waals surface area contributed by atoms with Crippen LogP contribution in [0.2, 0.25) is 0 Å². The lowest BCUT2D eigenvalue weighted by Crippen LogP contribution is -2.42. The van der Waals surface area contributed by atoms with Crippen molar-refractivity contribution in [2.75, 3.05) is 24.5 Å². The fourth-order valence-electron chi connectivity index (χ4n) is 6.32. The number of hydrogen-bond donors (Lipinski definition) is 2. The number of pyridine rings is 1. The van der Waals surface area contributed by atoms with Crippen molar-refractivity contribution in [3.63, 3.8) is 0 Å². The van der Waals surface area contributed by atoms with Gasteiger partial charge >= 0.3 is 12.1 Å². The minimum absolute atomic E-state index is 0.0838. The van der Waals surface area contributed by atoms with Crippen LogP contribution in [0.25, 0.3) is 0 Å². The number of fused-ring (bicyclic) bond motifs is 1. The summed E-state index contributed by atoms with van der Waals surface area (Å²) in [6, 6.07) is 4.44. The second-order valence-corrected chi connectivity index (χ2v) is 11.6. The molecule has 5 aliphatic rings. The van der Waals surface area contributed by atoms with Gasteiger partial charge in [-0.25, -0.2) is 9.98 Å². The highest BCUT2D eigenvalue weighted by molar-refractivity contribution is 6.06. The zero-order valence-electron chi connectivity index (χ0n) is 25.3. The number of carbonyl (C=O) groups is 1. The third-order valence-corrected chi connectivity index (χ3v) is 8.57. The molecule has 11 heteroatoms. The average Bonchev–Trinajstić information content (AvgIpc) is 3.43. The molecule has 8 nitrogen and oxygen atoms in total. The number of aromatic nitrogens is 1. The van der Waals surface area contributed by atoms with Crippen LogP contribution in [-0.4, -0.2) is 71.8 Å². The lowest BCUT2D eigenvalue weighted by atomic mass is 9.65. The first-order valence-electron chi connectivity index (χ1n) is 15.4. The average molecular weight is 601 g/mol. The molecule has 2 atom stereocenters. The Balaban J connectivity index is 0.000000551. The Morgan fingerprint density at radius 2 is 1.84 bits per heavy atom. The van der Waals surface area contributed by atoms with E-state index in [1.54, 1.807) is 0 Å². The SMILES string of the molecule is CC.CC(F)(F)F.O=C(O)CC1CCC2(CC1)CCN(c1ccc(C3=NC4C=CC(C5=NCCC=N5)=CC4N3)cn1)CC2. The molecular formula is C32H43F3N6O2. The van der Waals surface area contributed by atoms with E-state index in [1.807, 2.05) is 26.3 Å². The first-order chi connectivity index (χ1) is 20.6. The highest BCUT2D eigenvalue weighted by atomic mass is 19.4. The summed E-state index contributed by atoms with van der Waals surface area (Å²) in [6.07, 6.45) is 14.3. The monoisotopic (exact) mass is 600 g/mol. The van der Waals surface area contributed by atoms with Crippen molar-refractivity contribution in [1.29, 1.82) is 0 Å². The summed E-state index contributed by atoms with van der Waals surface area (Å²) in [4.78, 5) is 32.1. The van der Waals surface area contributed by atoms with E-state index >= 15 is 0 Å². The maximum Gasteiger partial charge on any atom is 0.386 e. The largest absolute Gasteiger partial charge is 0.481 e. The fraction of sp³-hybridized carbons (Fsp3) is 0.594. The minimum atomic E-state index is -4.00. The smallest absolute Gasteiger partial charge is 0.386 e.